The fraction of sp³-hybridized carbons (Fsp3) is 0.400. The highest BCUT2D eigenvalue weighted by atomic mass is 15.1. The Morgan fingerprint density at radius 1 is 1.11 bits per heavy atom. The molecule has 1 unspecified atom stereocenters. The van der Waals surface area contributed by atoms with Crippen molar-refractivity contribution in [2.75, 3.05) is 13.1 Å². The summed E-state index contributed by atoms with van der Waals surface area (Å²) in [7, 11) is 0. The maximum Gasteiger partial charge on any atom is 0.0705 e. The SMILES string of the molecule is c1ccc2nc(CNC3[C@H]4CNC[C@@H]34)ccc2c1. The molecule has 2 fully saturated rings. The van der Waals surface area contributed by atoms with Crippen molar-refractivity contribution in [3.63, 3.8) is 0 Å². The summed E-state index contributed by atoms with van der Waals surface area (Å²) in [5.41, 5.74) is 2.24. The summed E-state index contributed by atoms with van der Waals surface area (Å²) < 4.78 is 0. The van der Waals surface area contributed by atoms with Crippen LogP contribution in [0.1, 0.15) is 5.69 Å². The van der Waals surface area contributed by atoms with Crippen molar-refractivity contribution in [2.45, 2.75) is 12.6 Å². The number of nitrogens with one attached hydrogen (secondary N) is 2. The third-order valence-electron chi connectivity index (χ3n) is 4.27. The van der Waals surface area contributed by atoms with Gasteiger partial charge in [-0.1, -0.05) is 24.3 Å². The number of piperidine rings is 1. The molecule has 2 aliphatic rings. The Hall–Kier alpha value is -1.45. The average Bonchev–Trinajstić information content (AvgIpc) is 2.84. The second-order valence-electron chi connectivity index (χ2n) is 5.39. The largest absolute Gasteiger partial charge is 0.316 e. The Morgan fingerprint density at radius 3 is 2.83 bits per heavy atom. The van der Waals surface area contributed by atoms with Gasteiger partial charge in [0.2, 0.25) is 0 Å². The van der Waals surface area contributed by atoms with Gasteiger partial charge in [-0.3, -0.25) is 4.98 Å². The smallest absolute Gasteiger partial charge is 0.0705 e. The molecule has 18 heavy (non-hydrogen) atoms. The third-order valence-corrected chi connectivity index (χ3v) is 4.27. The zero-order valence-electron chi connectivity index (χ0n) is 10.3. The minimum atomic E-state index is 0.722. The van der Waals surface area contributed by atoms with E-state index in [-0.39, 0.29) is 0 Å². The number of hydrogen-bond donors (Lipinski definition) is 2. The number of nitrogens with zero attached hydrogens (tertiary/aromatic N) is 1. The van der Waals surface area contributed by atoms with E-state index in [1.54, 1.807) is 0 Å². The van der Waals surface area contributed by atoms with Crippen LogP contribution in [-0.2, 0) is 6.54 Å². The lowest BCUT2D eigenvalue weighted by Crippen LogP contribution is -2.27. The van der Waals surface area contributed by atoms with E-state index in [0.29, 0.717) is 0 Å². The first-order chi connectivity index (χ1) is 8.92. The van der Waals surface area contributed by atoms with Crippen molar-refractivity contribution in [3.05, 3.63) is 42.1 Å². The molecule has 4 rings (SSSR count). The summed E-state index contributed by atoms with van der Waals surface area (Å²) in [4.78, 5) is 4.69. The fourth-order valence-corrected chi connectivity index (χ4v) is 3.15. The molecule has 3 nitrogen and oxygen atoms in total. The van der Waals surface area contributed by atoms with E-state index >= 15 is 0 Å². The molecule has 0 amide bonds. The topological polar surface area (TPSA) is 37.0 Å². The van der Waals surface area contributed by atoms with Crippen LogP contribution in [0.25, 0.3) is 10.9 Å². The summed E-state index contributed by atoms with van der Waals surface area (Å²) in [6, 6.07) is 13.3. The predicted molar refractivity (Wildman–Crippen MR) is 72.2 cm³/mol. The average molecular weight is 239 g/mol. The highest BCUT2D eigenvalue weighted by Crippen LogP contribution is 2.41. The highest BCUT2D eigenvalue weighted by Gasteiger charge is 2.52. The van der Waals surface area contributed by atoms with Crippen LogP contribution in [0.2, 0.25) is 0 Å². The molecule has 1 aromatic heterocycles. The molecule has 1 aliphatic heterocycles. The summed E-state index contributed by atoms with van der Waals surface area (Å²) in [5.74, 6) is 1.73. The summed E-state index contributed by atoms with van der Waals surface area (Å²) in [6.45, 7) is 3.27. The number of benzene rings is 1. The normalized spacial score (nSPS) is 29.4. The lowest BCUT2D eigenvalue weighted by molar-refractivity contribution is 0.562. The second kappa shape index (κ2) is 4.04. The number of hydrogen-bond acceptors (Lipinski definition) is 3. The first-order valence-corrected chi connectivity index (χ1v) is 6.70. The van der Waals surface area contributed by atoms with E-state index in [9.17, 15) is 0 Å². The Kier molecular flexibility index (Phi) is 2.35. The molecule has 92 valence electrons. The first kappa shape index (κ1) is 10.5. The molecule has 1 saturated heterocycles. The molecule has 1 saturated carbocycles. The van der Waals surface area contributed by atoms with Crippen molar-refractivity contribution >= 4 is 10.9 Å². The highest BCUT2D eigenvalue weighted by molar-refractivity contribution is 5.78. The molecule has 0 spiro atoms. The Balaban J connectivity index is 1.46. The van der Waals surface area contributed by atoms with Gasteiger partial charge in [0.15, 0.2) is 0 Å². The maximum atomic E-state index is 4.69. The van der Waals surface area contributed by atoms with Gasteiger partial charge >= 0.3 is 0 Å². The molecule has 0 radical (unpaired) electrons. The van der Waals surface area contributed by atoms with E-state index < -0.39 is 0 Å². The molecule has 1 aliphatic carbocycles. The van der Waals surface area contributed by atoms with Gasteiger partial charge in [0.1, 0.15) is 0 Å². The van der Waals surface area contributed by atoms with Crippen molar-refractivity contribution in [2.24, 2.45) is 11.8 Å². The van der Waals surface area contributed by atoms with E-state index in [0.717, 1.165) is 35.6 Å². The van der Waals surface area contributed by atoms with Gasteiger partial charge in [-0.2, -0.15) is 0 Å². The molecule has 2 heterocycles. The van der Waals surface area contributed by atoms with Crippen LogP contribution in [0.5, 0.6) is 0 Å². The van der Waals surface area contributed by atoms with Crippen LogP contribution in [0, 0.1) is 11.8 Å². The van der Waals surface area contributed by atoms with Crippen molar-refractivity contribution in [1.82, 2.24) is 15.6 Å². The molecular formula is C15H17N3. The molecule has 2 N–H and O–H groups in total. The zero-order valence-corrected chi connectivity index (χ0v) is 10.3. The number of fused-ring (bicyclic) bond motifs is 2. The van der Waals surface area contributed by atoms with Crippen LogP contribution in [0.15, 0.2) is 36.4 Å². The van der Waals surface area contributed by atoms with Gasteiger partial charge in [0.05, 0.1) is 11.2 Å². The van der Waals surface area contributed by atoms with Crippen LogP contribution in [0.3, 0.4) is 0 Å². The molecular weight excluding hydrogens is 222 g/mol. The Morgan fingerprint density at radius 2 is 1.94 bits per heavy atom. The molecule has 1 aromatic carbocycles. The van der Waals surface area contributed by atoms with Gasteiger partial charge < -0.3 is 10.6 Å². The predicted octanol–water partition coefficient (Wildman–Crippen LogP) is 1.54. The minimum Gasteiger partial charge on any atom is -0.316 e. The summed E-state index contributed by atoms with van der Waals surface area (Å²) in [5, 5.41) is 8.27. The van der Waals surface area contributed by atoms with Gasteiger partial charge in [0.25, 0.3) is 0 Å². The van der Waals surface area contributed by atoms with E-state index in [2.05, 4.69) is 41.0 Å². The van der Waals surface area contributed by atoms with Crippen LogP contribution < -0.4 is 10.6 Å². The number of aromatic nitrogens is 1. The van der Waals surface area contributed by atoms with Crippen molar-refractivity contribution in [3.8, 4) is 0 Å². The minimum absolute atomic E-state index is 0.722. The second-order valence-corrected chi connectivity index (χ2v) is 5.39. The number of rotatable bonds is 3. The summed E-state index contributed by atoms with van der Waals surface area (Å²) in [6.07, 6.45) is 0. The monoisotopic (exact) mass is 239 g/mol. The van der Waals surface area contributed by atoms with Crippen molar-refractivity contribution in [1.29, 1.82) is 0 Å². The molecule has 0 bridgehead atoms. The van der Waals surface area contributed by atoms with Crippen LogP contribution in [0.4, 0.5) is 0 Å². The standard InChI is InChI=1S/C15H17N3/c1-2-4-14-10(3-1)5-6-11(18-14)7-17-15-12-8-16-9-13(12)15/h1-6,12-13,15-17H,7-9H2/t12-,13+,15?. The number of pyridine rings is 1. The zero-order chi connectivity index (χ0) is 11.9. The quantitative estimate of drug-likeness (QED) is 0.853. The van der Waals surface area contributed by atoms with Crippen LogP contribution >= 0.6 is 0 Å². The van der Waals surface area contributed by atoms with Crippen LogP contribution in [-0.4, -0.2) is 24.1 Å². The first-order valence-electron chi connectivity index (χ1n) is 6.70. The van der Waals surface area contributed by atoms with Crippen molar-refractivity contribution < 1.29 is 0 Å². The van der Waals surface area contributed by atoms with Gasteiger partial charge in [0, 0.05) is 18.0 Å². The van der Waals surface area contributed by atoms with E-state index in [1.165, 1.54) is 18.5 Å². The van der Waals surface area contributed by atoms with E-state index in [4.69, 9.17) is 4.98 Å². The summed E-state index contributed by atoms with van der Waals surface area (Å²) >= 11 is 0. The van der Waals surface area contributed by atoms with E-state index in [1.807, 2.05) is 6.07 Å². The third kappa shape index (κ3) is 1.71. The lowest BCUT2D eigenvalue weighted by atomic mass is 10.2. The van der Waals surface area contributed by atoms with Gasteiger partial charge in [-0.25, -0.2) is 0 Å². The molecule has 2 aromatic rings. The van der Waals surface area contributed by atoms with Gasteiger partial charge in [-0.15, -0.1) is 0 Å². The van der Waals surface area contributed by atoms with Gasteiger partial charge in [-0.05, 0) is 37.1 Å². The molecule has 3 heteroatoms. The Labute approximate surface area is 107 Å². The Bertz CT molecular complexity index is 571. The lowest BCUT2D eigenvalue weighted by Gasteiger charge is -2.07. The maximum absolute atomic E-state index is 4.69. The fourth-order valence-electron chi connectivity index (χ4n) is 3.15. The molecule has 3 atom stereocenters. The number of para-hydroxylation sites is 1.